The Bertz CT molecular complexity index is 711. The highest BCUT2D eigenvalue weighted by Crippen LogP contribution is 2.07. The topological polar surface area (TPSA) is 58.2 Å². The van der Waals surface area contributed by atoms with E-state index < -0.39 is 6.04 Å². The molecule has 25 heavy (non-hydrogen) atoms. The van der Waals surface area contributed by atoms with Gasteiger partial charge in [0.2, 0.25) is 11.8 Å². The van der Waals surface area contributed by atoms with Crippen LogP contribution in [0.3, 0.4) is 0 Å². The minimum Gasteiger partial charge on any atom is -0.350 e. The lowest BCUT2D eigenvalue weighted by molar-refractivity contribution is -0.129. The fourth-order valence-electron chi connectivity index (χ4n) is 2.66. The molecule has 2 rings (SSSR count). The summed E-state index contributed by atoms with van der Waals surface area (Å²) in [6.45, 7) is 6.34. The fraction of sp³-hybridized carbons (Fsp3) is 0.333. The third-order valence-electron chi connectivity index (χ3n) is 4.02. The van der Waals surface area contributed by atoms with Crippen molar-refractivity contribution in [3.05, 3.63) is 71.3 Å². The summed E-state index contributed by atoms with van der Waals surface area (Å²) in [5, 5.41) is 5.78. The number of aryl methyl sites for hydroxylation is 1. The zero-order valence-electron chi connectivity index (χ0n) is 15.1. The average Bonchev–Trinajstić information content (AvgIpc) is 2.58. The second-order valence-corrected chi connectivity index (χ2v) is 6.66. The van der Waals surface area contributed by atoms with Gasteiger partial charge >= 0.3 is 0 Å². The van der Waals surface area contributed by atoms with E-state index in [1.807, 2.05) is 75.4 Å². The normalized spacial score (nSPS) is 11.8. The molecule has 1 atom stereocenters. The zero-order chi connectivity index (χ0) is 18.2. The van der Waals surface area contributed by atoms with Gasteiger partial charge < -0.3 is 10.6 Å². The Hall–Kier alpha value is -2.62. The largest absolute Gasteiger partial charge is 0.350 e. The van der Waals surface area contributed by atoms with Gasteiger partial charge in [0.25, 0.3) is 0 Å². The third-order valence-corrected chi connectivity index (χ3v) is 4.02. The van der Waals surface area contributed by atoms with Crippen LogP contribution in [0.4, 0.5) is 0 Å². The van der Waals surface area contributed by atoms with Crippen molar-refractivity contribution < 1.29 is 9.59 Å². The first-order valence-corrected chi connectivity index (χ1v) is 8.62. The van der Waals surface area contributed by atoms with E-state index in [-0.39, 0.29) is 24.2 Å². The molecule has 0 aliphatic carbocycles. The van der Waals surface area contributed by atoms with Crippen LogP contribution in [0, 0.1) is 12.8 Å². The van der Waals surface area contributed by atoms with E-state index in [1.54, 1.807) is 0 Å². The molecular weight excluding hydrogens is 312 g/mol. The van der Waals surface area contributed by atoms with Crippen LogP contribution in [0.5, 0.6) is 0 Å². The van der Waals surface area contributed by atoms with E-state index in [1.165, 1.54) is 0 Å². The first-order chi connectivity index (χ1) is 12.0. The lowest BCUT2D eigenvalue weighted by Crippen LogP contribution is -2.49. The highest BCUT2D eigenvalue weighted by molar-refractivity contribution is 5.88. The first-order valence-electron chi connectivity index (χ1n) is 8.62. The maximum atomic E-state index is 12.5. The van der Waals surface area contributed by atoms with Crippen molar-refractivity contribution in [1.82, 2.24) is 10.6 Å². The Morgan fingerprint density at radius 1 is 0.960 bits per heavy atom. The molecule has 4 heteroatoms. The second kappa shape index (κ2) is 9.02. The number of carbonyl (C=O) groups is 2. The van der Waals surface area contributed by atoms with Gasteiger partial charge in [-0.3, -0.25) is 9.59 Å². The SMILES string of the molecule is Cc1cccc(CNC(=O)C(NC(=O)Cc2ccccc2)C(C)C)c1. The predicted octanol–water partition coefficient (Wildman–Crippen LogP) is 2.99. The van der Waals surface area contributed by atoms with Crippen LogP contribution in [-0.4, -0.2) is 17.9 Å². The van der Waals surface area contributed by atoms with Gasteiger partial charge in [0.1, 0.15) is 6.04 Å². The molecule has 0 radical (unpaired) electrons. The molecule has 0 saturated carbocycles. The van der Waals surface area contributed by atoms with Crippen molar-refractivity contribution in [2.75, 3.05) is 0 Å². The maximum absolute atomic E-state index is 12.5. The van der Waals surface area contributed by atoms with E-state index in [0.717, 1.165) is 16.7 Å². The van der Waals surface area contributed by atoms with Gasteiger partial charge in [0.15, 0.2) is 0 Å². The van der Waals surface area contributed by atoms with Crippen molar-refractivity contribution in [2.45, 2.75) is 39.8 Å². The lowest BCUT2D eigenvalue weighted by atomic mass is 10.0. The fourth-order valence-corrected chi connectivity index (χ4v) is 2.66. The molecule has 0 fully saturated rings. The minimum atomic E-state index is -0.541. The molecule has 2 amide bonds. The molecule has 2 N–H and O–H groups in total. The zero-order valence-corrected chi connectivity index (χ0v) is 15.1. The molecule has 0 spiro atoms. The first kappa shape index (κ1) is 18.7. The van der Waals surface area contributed by atoms with Gasteiger partial charge in [-0.2, -0.15) is 0 Å². The van der Waals surface area contributed by atoms with Gasteiger partial charge in [0.05, 0.1) is 6.42 Å². The van der Waals surface area contributed by atoms with E-state index in [0.29, 0.717) is 6.54 Å². The second-order valence-electron chi connectivity index (χ2n) is 6.66. The quantitative estimate of drug-likeness (QED) is 0.815. The van der Waals surface area contributed by atoms with Gasteiger partial charge in [-0.1, -0.05) is 74.0 Å². The Kier molecular flexibility index (Phi) is 6.75. The van der Waals surface area contributed by atoms with Crippen LogP contribution >= 0.6 is 0 Å². The summed E-state index contributed by atoms with van der Waals surface area (Å²) in [5.74, 6) is -0.286. The van der Waals surface area contributed by atoms with E-state index >= 15 is 0 Å². The standard InChI is InChI=1S/C21H26N2O2/c1-15(2)20(23-19(24)13-17-9-5-4-6-10-17)21(25)22-14-18-11-7-8-16(3)12-18/h4-12,15,20H,13-14H2,1-3H3,(H,22,25)(H,23,24). The highest BCUT2D eigenvalue weighted by Gasteiger charge is 2.23. The molecule has 2 aromatic rings. The van der Waals surface area contributed by atoms with E-state index in [9.17, 15) is 9.59 Å². The monoisotopic (exact) mass is 338 g/mol. The number of hydrogen-bond acceptors (Lipinski definition) is 2. The Balaban J connectivity index is 1.92. The molecule has 132 valence electrons. The predicted molar refractivity (Wildman–Crippen MR) is 99.9 cm³/mol. The summed E-state index contributed by atoms with van der Waals surface area (Å²) in [4.78, 5) is 24.8. The molecule has 0 aromatic heterocycles. The molecular formula is C21H26N2O2. The van der Waals surface area contributed by atoms with Gasteiger partial charge in [0, 0.05) is 6.54 Å². The third kappa shape index (κ3) is 6.07. The van der Waals surface area contributed by atoms with Gasteiger partial charge in [-0.05, 0) is 24.0 Å². The average molecular weight is 338 g/mol. The highest BCUT2D eigenvalue weighted by atomic mass is 16.2. The summed E-state index contributed by atoms with van der Waals surface area (Å²) >= 11 is 0. The van der Waals surface area contributed by atoms with Gasteiger partial charge in [-0.25, -0.2) is 0 Å². The number of benzene rings is 2. The Morgan fingerprint density at radius 2 is 1.64 bits per heavy atom. The molecule has 0 aliphatic rings. The van der Waals surface area contributed by atoms with Gasteiger partial charge in [-0.15, -0.1) is 0 Å². The maximum Gasteiger partial charge on any atom is 0.243 e. The molecule has 4 nitrogen and oxygen atoms in total. The van der Waals surface area contributed by atoms with Crippen molar-refractivity contribution in [3.63, 3.8) is 0 Å². The molecule has 0 heterocycles. The minimum absolute atomic E-state index is 0.0113. The number of carbonyl (C=O) groups excluding carboxylic acids is 2. The molecule has 1 unspecified atom stereocenters. The van der Waals surface area contributed by atoms with Crippen LogP contribution in [0.15, 0.2) is 54.6 Å². The lowest BCUT2D eigenvalue weighted by Gasteiger charge is -2.22. The summed E-state index contributed by atoms with van der Waals surface area (Å²) < 4.78 is 0. The smallest absolute Gasteiger partial charge is 0.243 e. The van der Waals surface area contributed by atoms with Crippen molar-refractivity contribution >= 4 is 11.8 Å². The van der Waals surface area contributed by atoms with Crippen molar-refractivity contribution in [1.29, 1.82) is 0 Å². The van der Waals surface area contributed by atoms with Crippen LogP contribution in [0.1, 0.15) is 30.5 Å². The number of nitrogens with one attached hydrogen (secondary N) is 2. The van der Waals surface area contributed by atoms with Crippen molar-refractivity contribution in [2.24, 2.45) is 5.92 Å². The molecule has 0 aliphatic heterocycles. The molecule has 0 saturated heterocycles. The summed E-state index contributed by atoms with van der Waals surface area (Å²) in [7, 11) is 0. The van der Waals surface area contributed by atoms with Crippen LogP contribution in [0.2, 0.25) is 0 Å². The number of rotatable bonds is 7. The Morgan fingerprint density at radius 3 is 2.28 bits per heavy atom. The molecule has 0 bridgehead atoms. The summed E-state index contributed by atoms with van der Waals surface area (Å²) in [5.41, 5.74) is 3.14. The van der Waals surface area contributed by atoms with E-state index in [2.05, 4.69) is 10.6 Å². The molecule has 2 aromatic carbocycles. The van der Waals surface area contributed by atoms with Crippen LogP contribution < -0.4 is 10.6 Å². The number of hydrogen-bond donors (Lipinski definition) is 2. The summed E-state index contributed by atoms with van der Waals surface area (Å²) in [6.07, 6.45) is 0.273. The van der Waals surface area contributed by atoms with Crippen LogP contribution in [-0.2, 0) is 22.6 Å². The number of amides is 2. The van der Waals surface area contributed by atoms with Crippen molar-refractivity contribution in [3.8, 4) is 0 Å². The van der Waals surface area contributed by atoms with E-state index in [4.69, 9.17) is 0 Å². The van der Waals surface area contributed by atoms with Crippen LogP contribution in [0.25, 0.3) is 0 Å². The summed E-state index contributed by atoms with van der Waals surface area (Å²) in [6, 6.07) is 17.0. The Labute approximate surface area is 149 Å².